The summed E-state index contributed by atoms with van der Waals surface area (Å²) < 4.78 is 26.0. The highest BCUT2D eigenvalue weighted by atomic mass is 127. The maximum Gasteiger partial charge on any atom is 0.290 e. The zero-order valence-corrected chi connectivity index (χ0v) is 13.9. The molecule has 1 aromatic heterocycles. The van der Waals surface area contributed by atoms with Crippen LogP contribution in [0.2, 0.25) is 0 Å². The molecule has 1 N–H and O–H groups in total. The van der Waals surface area contributed by atoms with Crippen molar-refractivity contribution in [2.75, 3.05) is 5.32 Å². The third-order valence-electron chi connectivity index (χ3n) is 2.65. The second-order valence-corrected chi connectivity index (χ2v) is 6.29. The highest BCUT2D eigenvalue weighted by Gasteiger charge is 2.16. The lowest BCUT2D eigenvalue weighted by molar-refractivity contribution is 0.102. The van der Waals surface area contributed by atoms with Crippen LogP contribution in [0.15, 0.2) is 41.6 Å². The van der Waals surface area contributed by atoms with Gasteiger partial charge in [0, 0.05) is 15.5 Å². The van der Waals surface area contributed by atoms with Crippen LogP contribution in [0.25, 0.3) is 0 Å². The predicted octanol–water partition coefficient (Wildman–Crippen LogP) is 4.56. The summed E-state index contributed by atoms with van der Waals surface area (Å²) in [6.07, 6.45) is 1.39. The summed E-state index contributed by atoms with van der Waals surface area (Å²) in [5, 5.41) is 2.72. The molecule has 0 aliphatic carbocycles. The molecule has 0 saturated heterocycles. The third kappa shape index (κ3) is 4.37. The van der Waals surface area contributed by atoms with Gasteiger partial charge in [0.05, 0.1) is 5.56 Å². The van der Waals surface area contributed by atoms with E-state index in [1.165, 1.54) is 12.3 Å². The number of pyridine rings is 1. The lowest BCUT2D eigenvalue weighted by Gasteiger charge is -2.09. The fourth-order valence-electron chi connectivity index (χ4n) is 1.61. The molecule has 0 bridgehead atoms. The first kappa shape index (κ1) is 16.2. The molecule has 0 fully saturated rings. The summed E-state index contributed by atoms with van der Waals surface area (Å²) in [5.41, 5.74) is 1.86. The molecule has 7 heteroatoms. The predicted molar refractivity (Wildman–Crippen MR) is 87.9 cm³/mol. The van der Waals surface area contributed by atoms with E-state index < -0.39 is 11.7 Å². The van der Waals surface area contributed by atoms with Crippen molar-refractivity contribution in [1.82, 2.24) is 4.98 Å². The van der Waals surface area contributed by atoms with Crippen molar-refractivity contribution in [3.8, 4) is 0 Å². The van der Waals surface area contributed by atoms with E-state index in [0.717, 1.165) is 9.13 Å². The standard InChI is InChI=1S/C14H11F2IN2OS/c1-8-4-5-9(7-11(8)17)19-12(20)10-3-2-6-18-13(10)21-14(15)16/h2-7,14H,1H3,(H,19,20). The van der Waals surface area contributed by atoms with Crippen LogP contribution in [-0.4, -0.2) is 16.6 Å². The number of halogens is 3. The number of aromatic nitrogens is 1. The van der Waals surface area contributed by atoms with E-state index in [2.05, 4.69) is 32.9 Å². The summed E-state index contributed by atoms with van der Waals surface area (Å²) in [5.74, 6) is -3.07. The van der Waals surface area contributed by atoms with E-state index in [4.69, 9.17) is 0 Å². The van der Waals surface area contributed by atoms with Gasteiger partial charge in [-0.15, -0.1) is 0 Å². The zero-order chi connectivity index (χ0) is 15.4. The van der Waals surface area contributed by atoms with Gasteiger partial charge in [-0.05, 0) is 71.1 Å². The van der Waals surface area contributed by atoms with Crippen LogP contribution >= 0.6 is 34.4 Å². The van der Waals surface area contributed by atoms with Crippen molar-refractivity contribution < 1.29 is 13.6 Å². The molecule has 2 aromatic rings. The molecule has 0 unspecified atom stereocenters. The van der Waals surface area contributed by atoms with Gasteiger partial charge in [0.15, 0.2) is 0 Å². The number of rotatable bonds is 4. The number of hydrogen-bond acceptors (Lipinski definition) is 3. The highest BCUT2D eigenvalue weighted by Crippen LogP contribution is 2.27. The molecule has 0 atom stereocenters. The number of nitrogens with one attached hydrogen (secondary N) is 1. The van der Waals surface area contributed by atoms with Gasteiger partial charge >= 0.3 is 0 Å². The van der Waals surface area contributed by atoms with Gasteiger partial charge in [0.1, 0.15) is 5.03 Å². The van der Waals surface area contributed by atoms with Crippen LogP contribution < -0.4 is 5.32 Å². The molecular weight excluding hydrogens is 409 g/mol. The molecule has 0 spiro atoms. The quantitative estimate of drug-likeness (QED) is 0.583. The molecule has 1 aromatic carbocycles. The first-order chi connectivity index (χ1) is 9.97. The third-order valence-corrected chi connectivity index (χ3v) is 4.54. The van der Waals surface area contributed by atoms with Gasteiger partial charge < -0.3 is 5.32 Å². The molecule has 3 nitrogen and oxygen atoms in total. The Labute approximate surface area is 138 Å². The van der Waals surface area contributed by atoms with Gasteiger partial charge in [-0.25, -0.2) is 4.98 Å². The highest BCUT2D eigenvalue weighted by molar-refractivity contribution is 14.1. The van der Waals surface area contributed by atoms with E-state index in [-0.39, 0.29) is 22.4 Å². The van der Waals surface area contributed by atoms with Crippen molar-refractivity contribution in [2.24, 2.45) is 0 Å². The Morgan fingerprint density at radius 3 is 2.81 bits per heavy atom. The number of anilines is 1. The number of nitrogens with zero attached hydrogens (tertiary/aromatic N) is 1. The van der Waals surface area contributed by atoms with E-state index in [1.807, 2.05) is 19.1 Å². The number of alkyl halides is 2. The summed E-state index contributed by atoms with van der Waals surface area (Å²) in [6, 6.07) is 8.50. The van der Waals surface area contributed by atoms with Gasteiger partial charge in [0.2, 0.25) is 0 Å². The second-order valence-electron chi connectivity index (χ2n) is 4.15. The SMILES string of the molecule is Cc1ccc(NC(=O)c2cccnc2SC(F)F)cc1I. The molecule has 110 valence electrons. The first-order valence-corrected chi connectivity index (χ1v) is 7.90. The molecule has 0 aliphatic heterocycles. The Morgan fingerprint density at radius 2 is 2.14 bits per heavy atom. The zero-order valence-electron chi connectivity index (χ0n) is 10.9. The molecule has 21 heavy (non-hydrogen) atoms. The maximum absolute atomic E-state index is 12.5. The van der Waals surface area contributed by atoms with Crippen molar-refractivity contribution >= 4 is 45.9 Å². The maximum atomic E-state index is 12.5. The van der Waals surface area contributed by atoms with Crippen LogP contribution in [0.3, 0.4) is 0 Å². The topological polar surface area (TPSA) is 42.0 Å². The molecule has 0 radical (unpaired) electrons. The number of hydrogen-bond donors (Lipinski definition) is 1. The smallest absolute Gasteiger partial charge is 0.290 e. The molecule has 2 rings (SSSR count). The number of carbonyl (C=O) groups excluding carboxylic acids is 1. The first-order valence-electron chi connectivity index (χ1n) is 5.94. The second kappa shape index (κ2) is 7.17. The Bertz CT molecular complexity index is 667. The minimum Gasteiger partial charge on any atom is -0.322 e. The van der Waals surface area contributed by atoms with Crippen LogP contribution in [0.1, 0.15) is 15.9 Å². The lowest BCUT2D eigenvalue weighted by Crippen LogP contribution is -2.14. The Morgan fingerprint density at radius 1 is 1.38 bits per heavy atom. The van der Waals surface area contributed by atoms with Gasteiger partial charge in [0.25, 0.3) is 11.7 Å². The van der Waals surface area contributed by atoms with Gasteiger partial charge in [-0.2, -0.15) is 8.78 Å². The fraction of sp³-hybridized carbons (Fsp3) is 0.143. The summed E-state index contributed by atoms with van der Waals surface area (Å²) in [4.78, 5) is 16.0. The average molecular weight is 420 g/mol. The minimum absolute atomic E-state index is 0.0202. The Balaban J connectivity index is 2.22. The van der Waals surface area contributed by atoms with Crippen molar-refractivity contribution in [3.05, 3.63) is 51.2 Å². The van der Waals surface area contributed by atoms with Crippen LogP contribution in [0, 0.1) is 10.5 Å². The van der Waals surface area contributed by atoms with E-state index in [9.17, 15) is 13.6 Å². The molecular formula is C14H11F2IN2OS. The number of thioether (sulfide) groups is 1. The van der Waals surface area contributed by atoms with Crippen molar-refractivity contribution in [3.63, 3.8) is 0 Å². The Hall–Kier alpha value is -1.22. The van der Waals surface area contributed by atoms with Gasteiger partial charge in [-0.3, -0.25) is 4.79 Å². The fourth-order valence-corrected chi connectivity index (χ4v) is 2.70. The average Bonchev–Trinajstić information content (AvgIpc) is 2.43. The summed E-state index contributed by atoms with van der Waals surface area (Å²) in [6.45, 7) is 1.96. The largest absolute Gasteiger partial charge is 0.322 e. The molecule has 0 aliphatic rings. The molecule has 1 heterocycles. The van der Waals surface area contributed by atoms with Crippen LogP contribution in [0.5, 0.6) is 0 Å². The number of amides is 1. The number of benzene rings is 1. The lowest BCUT2D eigenvalue weighted by atomic mass is 10.2. The normalized spacial score (nSPS) is 10.7. The monoisotopic (exact) mass is 420 g/mol. The Kier molecular flexibility index (Phi) is 5.51. The van der Waals surface area contributed by atoms with Crippen LogP contribution in [-0.2, 0) is 0 Å². The minimum atomic E-state index is -2.62. The summed E-state index contributed by atoms with van der Waals surface area (Å²) >= 11 is 2.43. The van der Waals surface area contributed by atoms with Crippen molar-refractivity contribution in [2.45, 2.75) is 17.7 Å². The number of aryl methyl sites for hydroxylation is 1. The number of carbonyl (C=O) groups is 1. The van der Waals surface area contributed by atoms with Crippen LogP contribution in [0.4, 0.5) is 14.5 Å². The van der Waals surface area contributed by atoms with E-state index >= 15 is 0 Å². The molecule has 1 amide bonds. The van der Waals surface area contributed by atoms with E-state index in [0.29, 0.717) is 5.69 Å². The summed E-state index contributed by atoms with van der Waals surface area (Å²) in [7, 11) is 0. The van der Waals surface area contributed by atoms with Gasteiger partial charge in [-0.1, -0.05) is 6.07 Å². The molecule has 0 saturated carbocycles. The van der Waals surface area contributed by atoms with Crippen molar-refractivity contribution in [1.29, 1.82) is 0 Å². The van der Waals surface area contributed by atoms with E-state index in [1.54, 1.807) is 12.1 Å².